The Bertz CT molecular complexity index is 911. The molecule has 2 aliphatic rings. The molecular formula is C27H33NO2. The van der Waals surface area contributed by atoms with Crippen LogP contribution in [0.2, 0.25) is 0 Å². The van der Waals surface area contributed by atoms with Gasteiger partial charge >= 0.3 is 5.97 Å². The predicted molar refractivity (Wildman–Crippen MR) is 122 cm³/mol. The summed E-state index contributed by atoms with van der Waals surface area (Å²) in [6, 6.07) is 16.9. The van der Waals surface area contributed by atoms with Gasteiger partial charge < -0.3 is 10.0 Å². The lowest BCUT2D eigenvalue weighted by Crippen LogP contribution is -2.28. The van der Waals surface area contributed by atoms with Crippen molar-refractivity contribution < 1.29 is 9.90 Å². The number of nitrogens with zero attached hydrogens (tertiary/aromatic N) is 1. The van der Waals surface area contributed by atoms with Crippen LogP contribution in [-0.4, -0.2) is 29.1 Å². The summed E-state index contributed by atoms with van der Waals surface area (Å²) in [6.45, 7) is 4.17. The minimum atomic E-state index is -0.747. The molecule has 0 radical (unpaired) electrons. The summed E-state index contributed by atoms with van der Waals surface area (Å²) in [4.78, 5) is 14.3. The number of allylic oxidation sites excluding steroid dienone is 1. The summed E-state index contributed by atoms with van der Waals surface area (Å²) in [5, 5.41) is 9.75. The Balaban J connectivity index is 1.74. The van der Waals surface area contributed by atoms with Crippen molar-refractivity contribution in [1.29, 1.82) is 0 Å². The van der Waals surface area contributed by atoms with Crippen LogP contribution in [0.15, 0.2) is 54.7 Å². The molecule has 1 atom stereocenters. The van der Waals surface area contributed by atoms with E-state index in [0.29, 0.717) is 0 Å². The van der Waals surface area contributed by atoms with Gasteiger partial charge in [0.1, 0.15) is 0 Å². The van der Waals surface area contributed by atoms with Gasteiger partial charge in [0.25, 0.3) is 0 Å². The number of benzene rings is 2. The van der Waals surface area contributed by atoms with Crippen LogP contribution in [0.3, 0.4) is 0 Å². The number of rotatable bonds is 6. The van der Waals surface area contributed by atoms with Crippen LogP contribution >= 0.6 is 0 Å². The molecule has 0 aromatic heterocycles. The highest BCUT2D eigenvalue weighted by Gasteiger charge is 2.27. The van der Waals surface area contributed by atoms with E-state index in [1.54, 1.807) is 0 Å². The van der Waals surface area contributed by atoms with Gasteiger partial charge in [-0.25, -0.2) is 0 Å². The Hall–Kier alpha value is -2.55. The molecule has 3 nitrogen and oxygen atoms in total. The van der Waals surface area contributed by atoms with E-state index in [-0.39, 0.29) is 12.3 Å². The molecule has 1 saturated carbocycles. The number of carboxylic acids is 1. The van der Waals surface area contributed by atoms with Gasteiger partial charge in [-0.15, -0.1) is 0 Å². The van der Waals surface area contributed by atoms with E-state index in [9.17, 15) is 9.90 Å². The van der Waals surface area contributed by atoms with Crippen LogP contribution in [0.25, 0.3) is 5.57 Å². The van der Waals surface area contributed by atoms with Crippen molar-refractivity contribution in [3.8, 4) is 0 Å². The van der Waals surface area contributed by atoms with Gasteiger partial charge in [-0.05, 0) is 54.4 Å². The molecule has 3 heteroatoms. The molecule has 158 valence electrons. The maximum Gasteiger partial charge on any atom is 0.304 e. The average molecular weight is 404 g/mol. The van der Waals surface area contributed by atoms with E-state index in [0.717, 1.165) is 36.6 Å². The molecule has 0 bridgehead atoms. The molecule has 0 amide bonds. The first kappa shape index (κ1) is 20.7. The summed E-state index contributed by atoms with van der Waals surface area (Å²) in [5.41, 5.74) is 5.98. The molecule has 1 aliphatic heterocycles. The third-order valence-corrected chi connectivity index (χ3v) is 6.73. The summed E-state index contributed by atoms with van der Waals surface area (Å²) in [6.07, 6.45) is 10.1. The van der Waals surface area contributed by atoms with E-state index < -0.39 is 5.97 Å². The van der Waals surface area contributed by atoms with Gasteiger partial charge in [-0.1, -0.05) is 73.4 Å². The van der Waals surface area contributed by atoms with Crippen LogP contribution < -0.4 is 0 Å². The Morgan fingerprint density at radius 2 is 1.90 bits per heavy atom. The Kier molecular flexibility index (Phi) is 6.56. The SMILES string of the molecule is Cc1cccc(C(CC(=O)O)C2=CN(CC3CCCCC3)CCc3ccccc32)c1. The van der Waals surface area contributed by atoms with Crippen LogP contribution in [0.1, 0.15) is 66.7 Å². The van der Waals surface area contributed by atoms with E-state index >= 15 is 0 Å². The lowest BCUT2D eigenvalue weighted by molar-refractivity contribution is -0.137. The number of aryl methyl sites for hydroxylation is 1. The molecule has 30 heavy (non-hydrogen) atoms. The molecule has 1 heterocycles. The van der Waals surface area contributed by atoms with Crippen LogP contribution in [0.5, 0.6) is 0 Å². The first-order chi connectivity index (χ1) is 14.6. The number of aliphatic carboxylic acids is 1. The number of carbonyl (C=O) groups is 1. The molecule has 1 fully saturated rings. The molecule has 1 N–H and O–H groups in total. The summed E-state index contributed by atoms with van der Waals surface area (Å²) in [5.74, 6) is -0.132. The van der Waals surface area contributed by atoms with E-state index in [2.05, 4.69) is 60.5 Å². The van der Waals surface area contributed by atoms with E-state index in [4.69, 9.17) is 0 Å². The fourth-order valence-corrected chi connectivity index (χ4v) is 5.21. The van der Waals surface area contributed by atoms with Gasteiger partial charge in [0.05, 0.1) is 6.42 Å². The maximum absolute atomic E-state index is 11.9. The lowest BCUT2D eigenvalue weighted by Gasteiger charge is -2.29. The molecular weight excluding hydrogens is 370 g/mol. The van der Waals surface area contributed by atoms with Crippen molar-refractivity contribution in [3.63, 3.8) is 0 Å². The zero-order valence-electron chi connectivity index (χ0n) is 18.0. The summed E-state index contributed by atoms with van der Waals surface area (Å²) in [7, 11) is 0. The van der Waals surface area contributed by atoms with E-state index in [1.165, 1.54) is 48.8 Å². The normalized spacial score (nSPS) is 18.3. The van der Waals surface area contributed by atoms with Crippen molar-refractivity contribution in [2.75, 3.05) is 13.1 Å². The predicted octanol–water partition coefficient (Wildman–Crippen LogP) is 6.03. The van der Waals surface area contributed by atoms with Crippen molar-refractivity contribution in [2.24, 2.45) is 5.92 Å². The monoisotopic (exact) mass is 403 g/mol. The zero-order valence-corrected chi connectivity index (χ0v) is 18.0. The molecule has 1 aliphatic carbocycles. The fraction of sp³-hybridized carbons (Fsp3) is 0.444. The zero-order chi connectivity index (χ0) is 20.9. The standard InChI is InChI=1S/C27H33NO2/c1-20-8-7-12-23(16-20)25(17-27(29)30)26-19-28(18-21-9-3-2-4-10-21)15-14-22-11-5-6-13-24(22)26/h5-8,11-13,16,19,21,25H,2-4,9-10,14-15,17-18H2,1H3,(H,29,30). The first-order valence-corrected chi connectivity index (χ1v) is 11.4. The second kappa shape index (κ2) is 9.51. The van der Waals surface area contributed by atoms with Crippen molar-refractivity contribution in [1.82, 2.24) is 4.90 Å². The third-order valence-electron chi connectivity index (χ3n) is 6.73. The lowest BCUT2D eigenvalue weighted by atomic mass is 9.82. The topological polar surface area (TPSA) is 40.5 Å². The van der Waals surface area contributed by atoms with Gasteiger partial charge in [0.2, 0.25) is 0 Å². The third kappa shape index (κ3) is 4.95. The van der Waals surface area contributed by atoms with Crippen molar-refractivity contribution in [2.45, 2.75) is 57.8 Å². The molecule has 1 unspecified atom stereocenters. The van der Waals surface area contributed by atoms with Crippen molar-refractivity contribution in [3.05, 3.63) is 77.0 Å². The summed E-state index contributed by atoms with van der Waals surface area (Å²) >= 11 is 0. The maximum atomic E-state index is 11.9. The minimum Gasteiger partial charge on any atom is -0.481 e. The molecule has 0 spiro atoms. The number of carboxylic acid groups (broad SMARTS) is 1. The minimum absolute atomic E-state index is 0.112. The molecule has 2 aromatic carbocycles. The number of fused-ring (bicyclic) bond motifs is 1. The largest absolute Gasteiger partial charge is 0.481 e. The smallest absolute Gasteiger partial charge is 0.304 e. The first-order valence-electron chi connectivity index (χ1n) is 11.4. The van der Waals surface area contributed by atoms with E-state index in [1.807, 2.05) is 6.07 Å². The number of hydrogen-bond acceptors (Lipinski definition) is 2. The van der Waals surface area contributed by atoms with Crippen LogP contribution in [-0.2, 0) is 11.2 Å². The Morgan fingerprint density at radius 3 is 2.67 bits per heavy atom. The Labute approximate surface area is 180 Å². The second-order valence-electron chi connectivity index (χ2n) is 9.06. The second-order valence-corrected chi connectivity index (χ2v) is 9.06. The van der Waals surface area contributed by atoms with Crippen LogP contribution in [0.4, 0.5) is 0 Å². The molecule has 0 saturated heterocycles. The fourth-order valence-electron chi connectivity index (χ4n) is 5.21. The van der Waals surface area contributed by atoms with Crippen LogP contribution in [0, 0.1) is 12.8 Å². The van der Waals surface area contributed by atoms with Gasteiger partial charge in [-0.3, -0.25) is 4.79 Å². The van der Waals surface area contributed by atoms with Gasteiger partial charge in [-0.2, -0.15) is 0 Å². The van der Waals surface area contributed by atoms with Crippen molar-refractivity contribution >= 4 is 11.5 Å². The summed E-state index contributed by atoms with van der Waals surface area (Å²) < 4.78 is 0. The van der Waals surface area contributed by atoms with Gasteiger partial charge in [0, 0.05) is 25.2 Å². The highest BCUT2D eigenvalue weighted by molar-refractivity contribution is 5.79. The Morgan fingerprint density at radius 1 is 1.10 bits per heavy atom. The number of hydrogen-bond donors (Lipinski definition) is 1. The molecule has 2 aromatic rings. The van der Waals surface area contributed by atoms with Gasteiger partial charge in [0.15, 0.2) is 0 Å². The average Bonchev–Trinajstić information content (AvgIpc) is 2.92. The molecule has 4 rings (SSSR count). The highest BCUT2D eigenvalue weighted by atomic mass is 16.4. The quantitative estimate of drug-likeness (QED) is 0.640. The highest BCUT2D eigenvalue weighted by Crippen LogP contribution is 2.39.